The van der Waals surface area contributed by atoms with E-state index in [1.54, 1.807) is 6.26 Å². The molecule has 3 aromatic rings. The molecule has 1 aromatic carbocycles. The molecule has 0 saturated carbocycles. The first-order valence-corrected chi connectivity index (χ1v) is 7.95. The van der Waals surface area contributed by atoms with Crippen molar-refractivity contribution >= 4 is 0 Å². The van der Waals surface area contributed by atoms with E-state index in [1.165, 1.54) is 0 Å². The number of aromatic nitrogens is 2. The number of hydrogen-bond donors (Lipinski definition) is 1. The molecule has 120 valence electrons. The molecule has 0 aliphatic carbocycles. The summed E-state index contributed by atoms with van der Waals surface area (Å²) in [4.78, 5) is 4.43. The van der Waals surface area contributed by atoms with Crippen LogP contribution in [0.4, 0.5) is 0 Å². The second-order valence-electron chi connectivity index (χ2n) is 5.58. The molecular weight excluding hydrogens is 290 g/mol. The predicted molar refractivity (Wildman–Crippen MR) is 87.7 cm³/mol. The molecule has 0 amide bonds. The molecule has 5 heteroatoms. The zero-order chi connectivity index (χ0) is 16.1. The van der Waals surface area contributed by atoms with Crippen molar-refractivity contribution in [1.82, 2.24) is 15.5 Å². The third-order valence-electron chi connectivity index (χ3n) is 3.70. The first kappa shape index (κ1) is 15.5. The molecule has 1 N–H and O–H groups in total. The first-order valence-electron chi connectivity index (χ1n) is 7.95. The molecule has 0 radical (unpaired) electrons. The molecule has 23 heavy (non-hydrogen) atoms. The van der Waals surface area contributed by atoms with E-state index in [0.717, 1.165) is 42.1 Å². The Morgan fingerprint density at radius 3 is 2.91 bits per heavy atom. The van der Waals surface area contributed by atoms with Gasteiger partial charge in [0.15, 0.2) is 5.82 Å². The summed E-state index contributed by atoms with van der Waals surface area (Å²) in [6.45, 7) is 4.92. The quantitative estimate of drug-likeness (QED) is 0.710. The van der Waals surface area contributed by atoms with Gasteiger partial charge in [-0.3, -0.25) is 0 Å². The van der Waals surface area contributed by atoms with Crippen LogP contribution in [0.3, 0.4) is 0 Å². The standard InChI is InChI=1S/C18H21N3O2/c1-3-6-17-20-18(23-21-17)15-8-4-7-14(11-15)12-19-13(2)16-9-5-10-22-16/h4-5,7-11,13,19H,3,6,12H2,1-2H3. The molecule has 5 nitrogen and oxygen atoms in total. The Morgan fingerprint density at radius 1 is 1.22 bits per heavy atom. The molecule has 3 rings (SSSR count). The van der Waals surface area contributed by atoms with Gasteiger partial charge in [-0.15, -0.1) is 0 Å². The highest BCUT2D eigenvalue weighted by Crippen LogP contribution is 2.20. The van der Waals surface area contributed by atoms with Gasteiger partial charge in [-0.1, -0.05) is 24.2 Å². The largest absolute Gasteiger partial charge is 0.468 e. The molecule has 0 bridgehead atoms. The number of furan rings is 1. The average Bonchev–Trinajstić information content (AvgIpc) is 3.25. The van der Waals surface area contributed by atoms with Gasteiger partial charge in [-0.05, 0) is 43.2 Å². The fourth-order valence-electron chi connectivity index (χ4n) is 2.42. The van der Waals surface area contributed by atoms with Crippen molar-refractivity contribution in [3.8, 4) is 11.5 Å². The topological polar surface area (TPSA) is 64.1 Å². The van der Waals surface area contributed by atoms with Gasteiger partial charge in [0.25, 0.3) is 5.89 Å². The van der Waals surface area contributed by atoms with Crippen LogP contribution >= 0.6 is 0 Å². The highest BCUT2D eigenvalue weighted by atomic mass is 16.5. The van der Waals surface area contributed by atoms with Gasteiger partial charge in [-0.25, -0.2) is 0 Å². The lowest BCUT2D eigenvalue weighted by molar-refractivity contribution is 0.421. The Labute approximate surface area is 135 Å². The van der Waals surface area contributed by atoms with Gasteiger partial charge >= 0.3 is 0 Å². The zero-order valence-electron chi connectivity index (χ0n) is 13.5. The van der Waals surface area contributed by atoms with Gasteiger partial charge in [0.05, 0.1) is 12.3 Å². The van der Waals surface area contributed by atoms with Crippen molar-refractivity contribution < 1.29 is 8.94 Å². The molecule has 0 aliphatic heterocycles. The monoisotopic (exact) mass is 311 g/mol. The molecule has 0 saturated heterocycles. The Kier molecular flexibility index (Phi) is 4.88. The predicted octanol–water partition coefficient (Wildman–Crippen LogP) is 4.13. The lowest BCUT2D eigenvalue weighted by atomic mass is 10.1. The minimum absolute atomic E-state index is 0.160. The summed E-state index contributed by atoms with van der Waals surface area (Å²) in [6.07, 6.45) is 3.54. The third kappa shape index (κ3) is 3.87. The Bertz CT molecular complexity index is 734. The van der Waals surface area contributed by atoms with E-state index in [4.69, 9.17) is 8.94 Å². The molecule has 2 heterocycles. The Hall–Kier alpha value is -2.40. The maximum atomic E-state index is 5.41. The minimum Gasteiger partial charge on any atom is -0.468 e. The van der Waals surface area contributed by atoms with Crippen molar-refractivity contribution in [2.24, 2.45) is 0 Å². The van der Waals surface area contributed by atoms with E-state index in [2.05, 4.69) is 41.4 Å². The summed E-state index contributed by atoms with van der Waals surface area (Å²) in [6, 6.07) is 12.2. The van der Waals surface area contributed by atoms with Crippen LogP contribution < -0.4 is 5.32 Å². The molecule has 1 atom stereocenters. The molecule has 0 spiro atoms. The second kappa shape index (κ2) is 7.24. The molecular formula is C18H21N3O2. The van der Waals surface area contributed by atoms with E-state index < -0.39 is 0 Å². The number of nitrogens with zero attached hydrogens (tertiary/aromatic N) is 2. The summed E-state index contributed by atoms with van der Waals surface area (Å²) in [5, 5.41) is 7.45. The maximum Gasteiger partial charge on any atom is 0.257 e. The summed E-state index contributed by atoms with van der Waals surface area (Å²) in [5.41, 5.74) is 2.11. The Balaban J connectivity index is 1.67. The zero-order valence-corrected chi connectivity index (χ0v) is 13.5. The summed E-state index contributed by atoms with van der Waals surface area (Å²) in [7, 11) is 0. The first-order chi connectivity index (χ1) is 11.3. The van der Waals surface area contributed by atoms with E-state index in [9.17, 15) is 0 Å². The Morgan fingerprint density at radius 2 is 2.13 bits per heavy atom. The summed E-state index contributed by atoms with van der Waals surface area (Å²) >= 11 is 0. The highest BCUT2D eigenvalue weighted by molar-refractivity contribution is 5.54. The van der Waals surface area contributed by atoms with Gasteiger partial charge in [0.1, 0.15) is 5.76 Å². The van der Waals surface area contributed by atoms with Crippen LogP contribution in [0, 0.1) is 0 Å². The number of hydrogen-bond acceptors (Lipinski definition) is 5. The number of aryl methyl sites for hydroxylation is 1. The average molecular weight is 311 g/mol. The van der Waals surface area contributed by atoms with Crippen LogP contribution in [0.2, 0.25) is 0 Å². The van der Waals surface area contributed by atoms with Crippen LogP contribution in [0.5, 0.6) is 0 Å². The van der Waals surface area contributed by atoms with Crippen molar-refractivity contribution in [2.45, 2.75) is 39.3 Å². The second-order valence-corrected chi connectivity index (χ2v) is 5.58. The van der Waals surface area contributed by atoms with E-state index in [-0.39, 0.29) is 6.04 Å². The fraction of sp³-hybridized carbons (Fsp3) is 0.333. The smallest absolute Gasteiger partial charge is 0.257 e. The van der Waals surface area contributed by atoms with Gasteiger partial charge in [0.2, 0.25) is 0 Å². The van der Waals surface area contributed by atoms with Crippen LogP contribution in [-0.4, -0.2) is 10.1 Å². The highest BCUT2D eigenvalue weighted by Gasteiger charge is 2.10. The minimum atomic E-state index is 0.160. The SMILES string of the molecule is CCCc1noc(-c2cccc(CNC(C)c3ccco3)c2)n1. The normalized spacial score (nSPS) is 12.4. The van der Waals surface area contributed by atoms with Crippen molar-refractivity contribution in [2.75, 3.05) is 0 Å². The van der Waals surface area contributed by atoms with Gasteiger partial charge in [-0.2, -0.15) is 4.98 Å². The van der Waals surface area contributed by atoms with Crippen molar-refractivity contribution in [3.05, 3.63) is 59.8 Å². The maximum absolute atomic E-state index is 5.41. The third-order valence-corrected chi connectivity index (χ3v) is 3.70. The van der Waals surface area contributed by atoms with Crippen molar-refractivity contribution in [1.29, 1.82) is 0 Å². The van der Waals surface area contributed by atoms with Crippen LogP contribution in [0.25, 0.3) is 11.5 Å². The number of nitrogens with one attached hydrogen (secondary N) is 1. The van der Waals surface area contributed by atoms with E-state index in [1.807, 2.05) is 24.3 Å². The molecule has 2 aromatic heterocycles. The van der Waals surface area contributed by atoms with E-state index >= 15 is 0 Å². The molecule has 1 unspecified atom stereocenters. The fourth-order valence-corrected chi connectivity index (χ4v) is 2.42. The lowest BCUT2D eigenvalue weighted by Gasteiger charge is -2.11. The number of rotatable bonds is 7. The van der Waals surface area contributed by atoms with Crippen molar-refractivity contribution in [3.63, 3.8) is 0 Å². The van der Waals surface area contributed by atoms with E-state index in [0.29, 0.717) is 5.89 Å². The molecule has 0 aliphatic rings. The van der Waals surface area contributed by atoms with Crippen LogP contribution in [0.1, 0.15) is 43.5 Å². The lowest BCUT2D eigenvalue weighted by Crippen LogP contribution is -2.17. The van der Waals surface area contributed by atoms with Gasteiger partial charge in [0, 0.05) is 18.5 Å². The number of benzene rings is 1. The van der Waals surface area contributed by atoms with Crippen LogP contribution in [0.15, 0.2) is 51.6 Å². The van der Waals surface area contributed by atoms with Crippen LogP contribution in [-0.2, 0) is 13.0 Å². The molecule has 0 fully saturated rings. The summed E-state index contributed by atoms with van der Waals surface area (Å²) in [5.74, 6) is 2.27. The van der Waals surface area contributed by atoms with Gasteiger partial charge < -0.3 is 14.3 Å². The summed E-state index contributed by atoms with van der Waals surface area (Å²) < 4.78 is 10.8.